The average molecular weight is 459 g/mol. The van der Waals surface area contributed by atoms with Crippen LogP contribution in [0.2, 0.25) is 0 Å². The third-order valence-corrected chi connectivity index (χ3v) is 5.36. The first kappa shape index (κ1) is 23.0. The van der Waals surface area contributed by atoms with Crippen molar-refractivity contribution >= 4 is 16.9 Å². The highest BCUT2D eigenvalue weighted by atomic mass is 16.6. The monoisotopic (exact) mass is 458 g/mol. The number of fused-ring (bicyclic) bond motifs is 1. The highest BCUT2D eigenvalue weighted by Gasteiger charge is 2.22. The van der Waals surface area contributed by atoms with E-state index >= 15 is 0 Å². The molecule has 0 N–H and O–H groups in total. The lowest BCUT2D eigenvalue weighted by atomic mass is 10.1. The van der Waals surface area contributed by atoms with Crippen LogP contribution in [0.15, 0.2) is 83.7 Å². The summed E-state index contributed by atoms with van der Waals surface area (Å²) in [6.45, 7) is 2.20. The van der Waals surface area contributed by atoms with Crippen LogP contribution in [0, 0.1) is 0 Å². The summed E-state index contributed by atoms with van der Waals surface area (Å²) in [7, 11) is 1.69. The van der Waals surface area contributed by atoms with Gasteiger partial charge in [-0.3, -0.25) is 9.36 Å². The summed E-state index contributed by atoms with van der Waals surface area (Å²) in [6.07, 6.45) is -0.403. The largest absolute Gasteiger partial charge is 0.486 e. The van der Waals surface area contributed by atoms with Crippen molar-refractivity contribution in [1.82, 2.24) is 9.55 Å². The Morgan fingerprint density at radius 2 is 1.65 bits per heavy atom. The minimum atomic E-state index is -0.759. The Bertz CT molecular complexity index is 1320. The molecule has 0 saturated heterocycles. The Kier molecular flexibility index (Phi) is 7.22. The summed E-state index contributed by atoms with van der Waals surface area (Å²) in [5, 5.41) is 0.576. The van der Waals surface area contributed by atoms with Gasteiger partial charge >= 0.3 is 5.97 Å². The van der Waals surface area contributed by atoms with E-state index in [9.17, 15) is 9.59 Å². The molecule has 1 unspecified atom stereocenters. The van der Waals surface area contributed by atoms with Crippen molar-refractivity contribution in [1.29, 1.82) is 0 Å². The summed E-state index contributed by atoms with van der Waals surface area (Å²) < 4.78 is 18.4. The Morgan fingerprint density at radius 1 is 0.941 bits per heavy atom. The molecule has 0 saturated carbocycles. The van der Waals surface area contributed by atoms with E-state index in [-0.39, 0.29) is 18.8 Å². The van der Waals surface area contributed by atoms with Crippen LogP contribution in [0.3, 0.4) is 0 Å². The number of hydrogen-bond donors (Lipinski definition) is 0. The van der Waals surface area contributed by atoms with Gasteiger partial charge in [-0.15, -0.1) is 0 Å². The van der Waals surface area contributed by atoms with E-state index in [0.717, 1.165) is 5.56 Å². The predicted molar refractivity (Wildman–Crippen MR) is 129 cm³/mol. The number of benzene rings is 3. The molecule has 0 spiro atoms. The van der Waals surface area contributed by atoms with Crippen LogP contribution in [-0.4, -0.2) is 28.2 Å². The van der Waals surface area contributed by atoms with Crippen molar-refractivity contribution in [2.75, 3.05) is 6.61 Å². The number of carbonyl (C=O) groups is 1. The molecule has 0 aliphatic heterocycles. The molecular weight excluding hydrogens is 432 g/mol. The Morgan fingerprint density at radius 3 is 2.38 bits per heavy atom. The molecule has 1 aromatic heterocycles. The van der Waals surface area contributed by atoms with Crippen LogP contribution in [0.5, 0.6) is 11.5 Å². The molecule has 34 heavy (non-hydrogen) atoms. The van der Waals surface area contributed by atoms with Crippen molar-refractivity contribution in [2.24, 2.45) is 7.05 Å². The van der Waals surface area contributed by atoms with Crippen LogP contribution < -0.4 is 15.0 Å². The van der Waals surface area contributed by atoms with E-state index in [2.05, 4.69) is 4.98 Å². The molecule has 4 rings (SSSR count). The first-order valence-corrected chi connectivity index (χ1v) is 11.1. The van der Waals surface area contributed by atoms with E-state index < -0.39 is 12.1 Å². The van der Waals surface area contributed by atoms with E-state index in [0.29, 0.717) is 34.6 Å². The van der Waals surface area contributed by atoms with Gasteiger partial charge in [0.2, 0.25) is 0 Å². The quantitative estimate of drug-likeness (QED) is 0.352. The highest BCUT2D eigenvalue weighted by molar-refractivity contribution is 5.77. The zero-order valence-corrected chi connectivity index (χ0v) is 19.1. The molecule has 4 aromatic rings. The number of esters is 1. The number of para-hydroxylation sites is 2. The maximum Gasteiger partial charge on any atom is 0.347 e. The second-order valence-corrected chi connectivity index (χ2v) is 7.72. The van der Waals surface area contributed by atoms with Crippen LogP contribution >= 0.6 is 0 Å². The SMILES string of the molecule is CCOC(=O)C(Cc1ccc(OCc2nc3ccccc3c(=O)n2C)cc1)Oc1ccccc1. The first-order chi connectivity index (χ1) is 16.5. The number of hydrogen-bond acceptors (Lipinski definition) is 6. The Hall–Kier alpha value is -4.13. The van der Waals surface area contributed by atoms with Crippen LogP contribution in [0.25, 0.3) is 10.9 Å². The molecule has 0 aliphatic carbocycles. The number of rotatable bonds is 9. The highest BCUT2D eigenvalue weighted by Crippen LogP contribution is 2.19. The van der Waals surface area contributed by atoms with Crippen molar-refractivity contribution in [3.63, 3.8) is 0 Å². The van der Waals surface area contributed by atoms with Gasteiger partial charge in [-0.25, -0.2) is 9.78 Å². The minimum Gasteiger partial charge on any atom is -0.486 e. The smallest absolute Gasteiger partial charge is 0.347 e. The zero-order valence-electron chi connectivity index (χ0n) is 19.1. The van der Waals surface area contributed by atoms with Gasteiger partial charge in [0.15, 0.2) is 6.10 Å². The molecule has 0 fully saturated rings. The maximum atomic E-state index is 12.6. The minimum absolute atomic E-state index is 0.108. The number of carbonyl (C=O) groups excluding carboxylic acids is 1. The molecular formula is C27H26N2O5. The van der Waals surface area contributed by atoms with Crippen molar-refractivity contribution < 1.29 is 19.0 Å². The third-order valence-electron chi connectivity index (χ3n) is 5.36. The standard InChI is InChI=1S/C27H26N2O5/c1-3-32-27(31)24(34-21-9-5-4-6-10-21)17-19-13-15-20(16-14-19)33-18-25-28-23-12-8-7-11-22(23)26(30)29(25)2/h4-16,24H,3,17-18H2,1-2H3. The van der Waals surface area contributed by atoms with Crippen molar-refractivity contribution in [3.8, 4) is 11.5 Å². The molecule has 1 atom stereocenters. The first-order valence-electron chi connectivity index (χ1n) is 11.1. The Balaban J connectivity index is 1.44. The topological polar surface area (TPSA) is 79.7 Å². The maximum absolute atomic E-state index is 12.6. The fourth-order valence-corrected chi connectivity index (χ4v) is 3.55. The molecule has 174 valence electrons. The summed E-state index contributed by atoms with van der Waals surface area (Å²) in [5.74, 6) is 1.36. The van der Waals surface area contributed by atoms with Gasteiger partial charge in [0.05, 0.1) is 17.5 Å². The summed E-state index contributed by atoms with van der Waals surface area (Å²) >= 11 is 0. The lowest BCUT2D eigenvalue weighted by Gasteiger charge is -2.18. The van der Waals surface area contributed by atoms with Crippen LogP contribution in [0.1, 0.15) is 18.3 Å². The molecule has 0 amide bonds. The van der Waals surface area contributed by atoms with Crippen molar-refractivity contribution in [3.05, 3.63) is 101 Å². The fraction of sp³-hybridized carbons (Fsp3) is 0.222. The van der Waals surface area contributed by atoms with E-state index in [1.807, 2.05) is 60.7 Å². The molecule has 0 bridgehead atoms. The lowest BCUT2D eigenvalue weighted by molar-refractivity contribution is -0.151. The van der Waals surface area contributed by atoms with Crippen LogP contribution in [-0.2, 0) is 29.6 Å². The Labute approximate surface area is 197 Å². The molecule has 0 aliphatic rings. The van der Waals surface area contributed by atoms with Gasteiger partial charge in [0.1, 0.15) is 23.9 Å². The predicted octanol–water partition coefficient (Wildman–Crippen LogP) is 4.07. The molecule has 0 radical (unpaired) electrons. The van der Waals surface area contributed by atoms with Gasteiger partial charge < -0.3 is 14.2 Å². The number of ether oxygens (including phenoxy) is 3. The van der Waals surface area contributed by atoms with E-state index in [1.165, 1.54) is 4.57 Å². The number of aromatic nitrogens is 2. The van der Waals surface area contributed by atoms with Gasteiger partial charge in [0.25, 0.3) is 5.56 Å². The van der Waals surface area contributed by atoms with Crippen LogP contribution in [0.4, 0.5) is 0 Å². The molecule has 7 nitrogen and oxygen atoms in total. The summed E-state index contributed by atoms with van der Waals surface area (Å²) in [6, 6.07) is 23.8. The second kappa shape index (κ2) is 10.7. The van der Waals surface area contributed by atoms with Gasteiger partial charge in [-0.1, -0.05) is 42.5 Å². The fourth-order valence-electron chi connectivity index (χ4n) is 3.55. The average Bonchev–Trinajstić information content (AvgIpc) is 2.86. The summed E-state index contributed by atoms with van der Waals surface area (Å²) in [4.78, 5) is 29.5. The second-order valence-electron chi connectivity index (χ2n) is 7.72. The zero-order chi connectivity index (χ0) is 23.9. The van der Waals surface area contributed by atoms with Gasteiger partial charge in [-0.2, -0.15) is 0 Å². The lowest BCUT2D eigenvalue weighted by Crippen LogP contribution is -2.31. The third kappa shape index (κ3) is 5.43. The number of nitrogens with zero attached hydrogens (tertiary/aromatic N) is 2. The summed E-state index contributed by atoms with van der Waals surface area (Å²) in [5.41, 5.74) is 1.43. The van der Waals surface area contributed by atoms with Gasteiger partial charge in [-0.05, 0) is 48.9 Å². The normalized spacial score (nSPS) is 11.7. The van der Waals surface area contributed by atoms with E-state index in [1.54, 1.807) is 32.2 Å². The van der Waals surface area contributed by atoms with Crippen molar-refractivity contribution in [2.45, 2.75) is 26.1 Å². The van der Waals surface area contributed by atoms with Gasteiger partial charge in [0, 0.05) is 13.5 Å². The molecule has 3 aromatic carbocycles. The molecule has 1 heterocycles. The van der Waals surface area contributed by atoms with E-state index in [4.69, 9.17) is 14.2 Å². The molecule has 7 heteroatoms.